The van der Waals surface area contributed by atoms with Gasteiger partial charge < -0.3 is 10.2 Å². The van der Waals surface area contributed by atoms with Crippen LogP contribution in [-0.2, 0) is 0 Å². The Hall–Kier alpha value is -2.95. The van der Waals surface area contributed by atoms with Crippen molar-refractivity contribution in [1.82, 2.24) is 4.98 Å². The van der Waals surface area contributed by atoms with E-state index in [-0.39, 0.29) is 11.3 Å². The number of rotatable bonds is 2. The molecule has 2 aromatic carbocycles. The van der Waals surface area contributed by atoms with E-state index in [1.807, 2.05) is 13.8 Å². The molecule has 1 aromatic heterocycles. The smallest absolute Gasteiger partial charge is 0.340 e. The topological polar surface area (TPSA) is 70.4 Å². The lowest BCUT2D eigenvalue weighted by atomic mass is 9.98. The van der Waals surface area contributed by atoms with Crippen LogP contribution in [0.1, 0.15) is 21.5 Å². The third-order valence-corrected chi connectivity index (χ3v) is 3.99. The molecule has 0 atom stereocenters. The Morgan fingerprint density at radius 2 is 1.74 bits per heavy atom. The van der Waals surface area contributed by atoms with Gasteiger partial charge in [0, 0.05) is 10.9 Å². The van der Waals surface area contributed by atoms with Gasteiger partial charge in [-0.1, -0.05) is 12.1 Å². The minimum atomic E-state index is -1.23. The Morgan fingerprint density at radius 1 is 1.09 bits per heavy atom. The van der Waals surface area contributed by atoms with Gasteiger partial charge in [0.1, 0.15) is 17.1 Å². The van der Waals surface area contributed by atoms with E-state index in [2.05, 4.69) is 4.98 Å². The number of aromatic nitrogens is 1. The highest BCUT2D eigenvalue weighted by Gasteiger charge is 2.22. The Balaban J connectivity index is 2.43. The van der Waals surface area contributed by atoms with Crippen molar-refractivity contribution in [3.8, 4) is 17.0 Å². The second-order valence-corrected chi connectivity index (χ2v) is 5.40. The van der Waals surface area contributed by atoms with E-state index in [9.17, 15) is 19.4 Å². The molecule has 0 bridgehead atoms. The fourth-order valence-corrected chi connectivity index (χ4v) is 2.58. The summed E-state index contributed by atoms with van der Waals surface area (Å²) in [6, 6.07) is 8.83. The molecule has 4 nitrogen and oxygen atoms in total. The summed E-state index contributed by atoms with van der Waals surface area (Å²) in [5.74, 6) is -2.07. The summed E-state index contributed by atoms with van der Waals surface area (Å²) in [7, 11) is 0. The van der Waals surface area contributed by atoms with Gasteiger partial charge in [-0.15, -0.1) is 0 Å². The first-order chi connectivity index (χ1) is 10.9. The number of aromatic hydroxyl groups is 1. The Kier molecular flexibility index (Phi) is 3.48. The molecule has 0 fully saturated rings. The SMILES string of the molecule is Cc1ccc2c(C(=O)O)c(O)c(-c3ccc(F)cc3)nc2c1C. The van der Waals surface area contributed by atoms with Gasteiger partial charge in [0.25, 0.3) is 0 Å². The number of aryl methyl sites for hydroxylation is 2. The number of nitrogens with zero attached hydrogens (tertiary/aromatic N) is 1. The molecule has 5 heteroatoms. The number of hydrogen-bond donors (Lipinski definition) is 2. The molecule has 116 valence electrons. The van der Waals surface area contributed by atoms with Crippen LogP contribution in [0.5, 0.6) is 5.75 Å². The quantitative estimate of drug-likeness (QED) is 0.748. The molecule has 0 aliphatic heterocycles. The standard InChI is InChI=1S/C18H14FNO3/c1-9-3-8-13-14(18(22)23)17(21)16(20-15(13)10(9)2)11-4-6-12(19)7-5-11/h3-8,21H,1-2H3,(H,22,23). The summed E-state index contributed by atoms with van der Waals surface area (Å²) >= 11 is 0. The molecule has 0 spiro atoms. The molecule has 2 N–H and O–H groups in total. The van der Waals surface area contributed by atoms with E-state index in [1.54, 1.807) is 12.1 Å². The van der Waals surface area contributed by atoms with Gasteiger partial charge in [-0.25, -0.2) is 14.2 Å². The molecule has 3 aromatic rings. The van der Waals surface area contributed by atoms with Gasteiger partial charge in [-0.05, 0) is 49.2 Å². The van der Waals surface area contributed by atoms with Crippen molar-refractivity contribution in [3.05, 3.63) is 58.9 Å². The number of benzene rings is 2. The summed E-state index contributed by atoms with van der Waals surface area (Å²) in [6.07, 6.45) is 0. The van der Waals surface area contributed by atoms with E-state index in [1.165, 1.54) is 24.3 Å². The zero-order valence-corrected chi connectivity index (χ0v) is 12.6. The lowest BCUT2D eigenvalue weighted by Crippen LogP contribution is -2.03. The summed E-state index contributed by atoms with van der Waals surface area (Å²) in [4.78, 5) is 16.1. The number of carboxylic acids is 1. The highest BCUT2D eigenvalue weighted by atomic mass is 19.1. The molecule has 23 heavy (non-hydrogen) atoms. The van der Waals surface area contributed by atoms with Crippen molar-refractivity contribution < 1.29 is 19.4 Å². The molecule has 0 radical (unpaired) electrons. The van der Waals surface area contributed by atoms with Gasteiger partial charge in [-0.2, -0.15) is 0 Å². The number of aromatic carboxylic acids is 1. The number of pyridine rings is 1. The second kappa shape index (κ2) is 5.35. The molecule has 0 aliphatic carbocycles. The molecular formula is C18H14FNO3. The fraction of sp³-hybridized carbons (Fsp3) is 0.111. The van der Waals surface area contributed by atoms with E-state index >= 15 is 0 Å². The van der Waals surface area contributed by atoms with Crippen molar-refractivity contribution in [1.29, 1.82) is 0 Å². The van der Waals surface area contributed by atoms with Crippen LogP contribution in [0.2, 0.25) is 0 Å². The lowest BCUT2D eigenvalue weighted by molar-refractivity contribution is 0.0696. The maximum atomic E-state index is 13.1. The van der Waals surface area contributed by atoms with Crippen LogP contribution in [0.15, 0.2) is 36.4 Å². The van der Waals surface area contributed by atoms with E-state index < -0.39 is 17.5 Å². The largest absolute Gasteiger partial charge is 0.505 e. The first-order valence-corrected chi connectivity index (χ1v) is 7.02. The highest BCUT2D eigenvalue weighted by molar-refractivity contribution is 6.08. The van der Waals surface area contributed by atoms with Gasteiger partial charge in [0.2, 0.25) is 0 Å². The molecule has 0 amide bonds. The Labute approximate surface area is 131 Å². The number of halogens is 1. The van der Waals surface area contributed by atoms with Crippen LogP contribution in [0.4, 0.5) is 4.39 Å². The lowest BCUT2D eigenvalue weighted by Gasteiger charge is -2.13. The zero-order chi connectivity index (χ0) is 16.7. The summed E-state index contributed by atoms with van der Waals surface area (Å²) in [6.45, 7) is 3.75. The maximum Gasteiger partial charge on any atom is 0.340 e. The van der Waals surface area contributed by atoms with Crippen molar-refractivity contribution in [2.75, 3.05) is 0 Å². The Bertz CT molecular complexity index is 933. The van der Waals surface area contributed by atoms with Crippen molar-refractivity contribution in [2.45, 2.75) is 13.8 Å². The van der Waals surface area contributed by atoms with Crippen molar-refractivity contribution in [3.63, 3.8) is 0 Å². The third kappa shape index (κ3) is 2.40. The van der Waals surface area contributed by atoms with Crippen LogP contribution < -0.4 is 0 Å². The van der Waals surface area contributed by atoms with Crippen LogP contribution in [-0.4, -0.2) is 21.2 Å². The van der Waals surface area contributed by atoms with E-state index in [0.29, 0.717) is 16.5 Å². The number of fused-ring (bicyclic) bond motifs is 1. The van der Waals surface area contributed by atoms with Crippen molar-refractivity contribution in [2.24, 2.45) is 0 Å². The normalized spacial score (nSPS) is 10.9. The zero-order valence-electron chi connectivity index (χ0n) is 12.6. The van der Waals surface area contributed by atoms with Crippen LogP contribution in [0.25, 0.3) is 22.2 Å². The molecule has 0 saturated carbocycles. The summed E-state index contributed by atoms with van der Waals surface area (Å²) in [5, 5.41) is 20.3. The predicted molar refractivity (Wildman–Crippen MR) is 85.2 cm³/mol. The number of carbonyl (C=O) groups is 1. The van der Waals surface area contributed by atoms with Crippen LogP contribution in [0, 0.1) is 19.7 Å². The molecule has 0 saturated heterocycles. The minimum absolute atomic E-state index is 0.128. The average Bonchev–Trinajstić information content (AvgIpc) is 2.51. The number of hydrogen-bond acceptors (Lipinski definition) is 3. The minimum Gasteiger partial charge on any atom is -0.505 e. The van der Waals surface area contributed by atoms with Crippen LogP contribution in [0.3, 0.4) is 0 Å². The summed E-state index contributed by atoms with van der Waals surface area (Å²) < 4.78 is 13.1. The summed E-state index contributed by atoms with van der Waals surface area (Å²) in [5.41, 5.74) is 2.71. The third-order valence-electron chi connectivity index (χ3n) is 3.99. The molecular weight excluding hydrogens is 297 g/mol. The fourth-order valence-electron chi connectivity index (χ4n) is 2.58. The van der Waals surface area contributed by atoms with Gasteiger partial charge >= 0.3 is 5.97 Å². The molecule has 0 aliphatic rings. The Morgan fingerprint density at radius 3 is 2.35 bits per heavy atom. The van der Waals surface area contributed by atoms with Crippen LogP contribution >= 0.6 is 0 Å². The van der Waals surface area contributed by atoms with Gasteiger partial charge in [0.05, 0.1) is 5.52 Å². The molecule has 3 rings (SSSR count). The first kappa shape index (κ1) is 15.0. The monoisotopic (exact) mass is 311 g/mol. The first-order valence-electron chi connectivity index (χ1n) is 7.02. The van der Waals surface area contributed by atoms with Gasteiger partial charge in [-0.3, -0.25) is 0 Å². The second-order valence-electron chi connectivity index (χ2n) is 5.40. The number of carboxylic acid groups (broad SMARTS) is 1. The maximum absolute atomic E-state index is 13.1. The average molecular weight is 311 g/mol. The molecule has 1 heterocycles. The highest BCUT2D eigenvalue weighted by Crippen LogP contribution is 2.36. The van der Waals surface area contributed by atoms with E-state index in [4.69, 9.17) is 0 Å². The van der Waals surface area contributed by atoms with Gasteiger partial charge in [0.15, 0.2) is 5.75 Å². The van der Waals surface area contributed by atoms with Crippen molar-refractivity contribution >= 4 is 16.9 Å². The van der Waals surface area contributed by atoms with E-state index in [0.717, 1.165) is 11.1 Å². The predicted octanol–water partition coefficient (Wildman–Crippen LogP) is 4.06. The molecule has 0 unspecified atom stereocenters.